The Morgan fingerprint density at radius 1 is 1.11 bits per heavy atom. The number of hydrogen-bond acceptors (Lipinski definition) is 7. The van der Waals surface area contributed by atoms with Crippen molar-refractivity contribution in [2.75, 3.05) is 29.9 Å². The third-order valence-corrected chi connectivity index (χ3v) is 5.83. The summed E-state index contributed by atoms with van der Waals surface area (Å²) < 4.78 is 10.8. The first-order chi connectivity index (χ1) is 17.1. The molecule has 5 rings (SSSR count). The Balaban J connectivity index is 1.14. The van der Waals surface area contributed by atoms with Crippen molar-refractivity contribution < 1.29 is 19.1 Å². The number of rotatable bonds is 7. The van der Waals surface area contributed by atoms with Gasteiger partial charge in [0.1, 0.15) is 11.9 Å². The van der Waals surface area contributed by atoms with Crippen molar-refractivity contribution in [1.82, 2.24) is 10.3 Å². The lowest BCUT2D eigenvalue weighted by molar-refractivity contribution is -0.118. The van der Waals surface area contributed by atoms with Crippen LogP contribution in [-0.2, 0) is 16.1 Å². The van der Waals surface area contributed by atoms with E-state index in [0.717, 1.165) is 16.7 Å². The Morgan fingerprint density at radius 2 is 1.94 bits per heavy atom. The van der Waals surface area contributed by atoms with Crippen LogP contribution in [0.15, 0.2) is 60.7 Å². The first-order valence-corrected chi connectivity index (χ1v) is 11.3. The van der Waals surface area contributed by atoms with Crippen molar-refractivity contribution in [3.63, 3.8) is 0 Å². The average Bonchev–Trinajstić information content (AvgIpc) is 3.26. The van der Waals surface area contributed by atoms with E-state index in [1.165, 1.54) is 4.90 Å². The summed E-state index contributed by atoms with van der Waals surface area (Å²) in [5.41, 5.74) is 3.82. The number of nitriles is 1. The minimum atomic E-state index is -0.460. The fraction of sp³-hybridized carbons (Fsp3) is 0.231. The summed E-state index contributed by atoms with van der Waals surface area (Å²) in [6.45, 7) is 1.67. The standard InChI is InChI=1S/C26H23N5O4/c27-13-17-3-1-5-19(11-17)20-6-2-4-18(12-20)14-28-10-9-21-15-31(26(33)35-21)23-8-7-22-25(29-23)30-24(32)16-34-22/h1-8,11-12,21,28H,9-10,14-16H2,(H,29,30,32)/t21-/m1/s1. The van der Waals surface area contributed by atoms with Crippen LogP contribution in [0.5, 0.6) is 5.75 Å². The fourth-order valence-electron chi connectivity index (χ4n) is 4.09. The predicted octanol–water partition coefficient (Wildman–Crippen LogP) is 3.46. The Kier molecular flexibility index (Phi) is 6.28. The van der Waals surface area contributed by atoms with Crippen LogP contribution in [0.25, 0.3) is 11.1 Å². The molecule has 176 valence electrons. The normalized spacial score (nSPS) is 16.7. The van der Waals surface area contributed by atoms with E-state index in [4.69, 9.17) is 14.7 Å². The highest BCUT2D eigenvalue weighted by Crippen LogP contribution is 2.30. The van der Waals surface area contributed by atoms with Gasteiger partial charge in [0, 0.05) is 6.54 Å². The molecule has 2 aliphatic rings. The van der Waals surface area contributed by atoms with Crippen LogP contribution < -0.4 is 20.3 Å². The number of carbonyl (C=O) groups is 2. The summed E-state index contributed by atoms with van der Waals surface area (Å²) in [5, 5.41) is 15.2. The lowest BCUT2D eigenvalue weighted by Crippen LogP contribution is -2.29. The lowest BCUT2D eigenvalue weighted by atomic mass is 10.0. The van der Waals surface area contributed by atoms with Gasteiger partial charge in [0.15, 0.2) is 18.2 Å². The van der Waals surface area contributed by atoms with Crippen molar-refractivity contribution in [1.29, 1.82) is 5.26 Å². The molecule has 3 aromatic rings. The molecule has 0 saturated carbocycles. The fourth-order valence-corrected chi connectivity index (χ4v) is 4.09. The molecule has 2 N–H and O–H groups in total. The number of anilines is 2. The molecule has 0 spiro atoms. The molecule has 9 nitrogen and oxygen atoms in total. The van der Waals surface area contributed by atoms with Crippen molar-refractivity contribution in [3.05, 3.63) is 71.8 Å². The number of fused-ring (bicyclic) bond motifs is 1. The number of carbonyl (C=O) groups excluding carboxylic acids is 2. The number of nitrogens with zero attached hydrogens (tertiary/aromatic N) is 3. The van der Waals surface area contributed by atoms with E-state index in [-0.39, 0.29) is 18.6 Å². The molecule has 35 heavy (non-hydrogen) atoms. The number of ether oxygens (including phenoxy) is 2. The van der Waals surface area contributed by atoms with Crippen molar-refractivity contribution in [3.8, 4) is 22.9 Å². The van der Waals surface area contributed by atoms with Gasteiger partial charge in [0.25, 0.3) is 5.91 Å². The number of amides is 2. The second-order valence-electron chi connectivity index (χ2n) is 8.33. The molecule has 2 aliphatic heterocycles. The molecule has 1 aromatic heterocycles. The van der Waals surface area contributed by atoms with Gasteiger partial charge in [-0.15, -0.1) is 0 Å². The largest absolute Gasteiger partial charge is 0.480 e. The molecular formula is C26H23N5O4. The Bertz CT molecular complexity index is 1320. The summed E-state index contributed by atoms with van der Waals surface area (Å²) in [6, 6.07) is 21.3. The van der Waals surface area contributed by atoms with Gasteiger partial charge in [-0.1, -0.05) is 30.3 Å². The number of hydrogen-bond donors (Lipinski definition) is 2. The first kappa shape index (κ1) is 22.4. The van der Waals surface area contributed by atoms with E-state index in [1.807, 2.05) is 36.4 Å². The van der Waals surface area contributed by atoms with Crippen molar-refractivity contribution >= 4 is 23.6 Å². The zero-order valence-electron chi connectivity index (χ0n) is 18.9. The zero-order valence-corrected chi connectivity index (χ0v) is 18.9. The molecule has 1 saturated heterocycles. The van der Waals surface area contributed by atoms with E-state index in [1.54, 1.807) is 18.2 Å². The number of nitrogens with one attached hydrogen (secondary N) is 2. The van der Waals surface area contributed by atoms with Crippen LogP contribution in [-0.4, -0.2) is 42.8 Å². The van der Waals surface area contributed by atoms with Gasteiger partial charge in [-0.3, -0.25) is 9.69 Å². The number of pyridine rings is 1. The first-order valence-electron chi connectivity index (χ1n) is 11.3. The maximum Gasteiger partial charge on any atom is 0.415 e. The van der Waals surface area contributed by atoms with E-state index in [0.29, 0.717) is 49.0 Å². The summed E-state index contributed by atoms with van der Waals surface area (Å²) in [4.78, 5) is 29.7. The van der Waals surface area contributed by atoms with Crippen molar-refractivity contribution in [2.45, 2.75) is 19.1 Å². The quantitative estimate of drug-likeness (QED) is 0.509. The SMILES string of the molecule is N#Cc1cccc(-c2cccc(CNCC[C@@H]3CN(c4ccc5c(n4)NC(=O)CO5)C(=O)O3)c2)c1. The second-order valence-corrected chi connectivity index (χ2v) is 8.33. The van der Waals surface area contributed by atoms with Crippen molar-refractivity contribution in [2.24, 2.45) is 0 Å². The molecule has 2 amide bonds. The molecule has 0 aliphatic carbocycles. The van der Waals surface area contributed by atoms with Gasteiger partial charge in [-0.2, -0.15) is 5.26 Å². The van der Waals surface area contributed by atoms with E-state index >= 15 is 0 Å². The molecule has 9 heteroatoms. The Hall–Kier alpha value is -4.42. The summed E-state index contributed by atoms with van der Waals surface area (Å²) in [6.07, 6.45) is -0.0757. The van der Waals surface area contributed by atoms with Crippen LogP contribution in [0, 0.1) is 11.3 Å². The summed E-state index contributed by atoms with van der Waals surface area (Å²) >= 11 is 0. The molecule has 1 atom stereocenters. The van der Waals surface area contributed by atoms with Crippen LogP contribution in [0.3, 0.4) is 0 Å². The molecule has 0 radical (unpaired) electrons. The maximum absolute atomic E-state index is 12.4. The minimum absolute atomic E-state index is 0.0481. The molecule has 1 fully saturated rings. The lowest BCUT2D eigenvalue weighted by Gasteiger charge is -2.19. The number of aromatic nitrogens is 1. The molecular weight excluding hydrogens is 446 g/mol. The van der Waals surface area contributed by atoms with E-state index in [2.05, 4.69) is 27.8 Å². The minimum Gasteiger partial charge on any atom is -0.480 e. The average molecular weight is 470 g/mol. The smallest absolute Gasteiger partial charge is 0.415 e. The molecule has 2 aromatic carbocycles. The Labute approximate surface area is 202 Å². The second kappa shape index (κ2) is 9.83. The molecule has 0 bridgehead atoms. The van der Waals surface area contributed by atoms with Crippen LogP contribution in [0.1, 0.15) is 17.5 Å². The van der Waals surface area contributed by atoms with E-state index < -0.39 is 6.09 Å². The maximum atomic E-state index is 12.4. The van der Waals surface area contributed by atoms with E-state index in [9.17, 15) is 9.59 Å². The number of cyclic esters (lactones) is 1. The zero-order chi connectivity index (χ0) is 24.2. The number of benzene rings is 2. The van der Waals surface area contributed by atoms with Gasteiger partial charge < -0.3 is 20.1 Å². The van der Waals surface area contributed by atoms with Gasteiger partial charge in [0.2, 0.25) is 0 Å². The van der Waals surface area contributed by atoms with Crippen LogP contribution in [0.2, 0.25) is 0 Å². The highest BCUT2D eigenvalue weighted by molar-refractivity contribution is 5.95. The topological polar surface area (TPSA) is 117 Å². The van der Waals surface area contributed by atoms with Crippen LogP contribution >= 0.6 is 0 Å². The predicted molar refractivity (Wildman–Crippen MR) is 129 cm³/mol. The van der Waals surface area contributed by atoms with Crippen LogP contribution in [0.4, 0.5) is 16.4 Å². The monoisotopic (exact) mass is 469 g/mol. The molecule has 0 unspecified atom stereocenters. The molecule has 3 heterocycles. The van der Waals surface area contributed by atoms with Gasteiger partial charge in [-0.05, 0) is 60.0 Å². The summed E-state index contributed by atoms with van der Waals surface area (Å²) in [5.74, 6) is 0.908. The third-order valence-electron chi connectivity index (χ3n) is 5.83. The highest BCUT2D eigenvalue weighted by atomic mass is 16.6. The van der Waals surface area contributed by atoms with Gasteiger partial charge in [-0.25, -0.2) is 9.78 Å². The third kappa shape index (κ3) is 5.08. The van der Waals surface area contributed by atoms with Gasteiger partial charge >= 0.3 is 6.09 Å². The summed E-state index contributed by atoms with van der Waals surface area (Å²) in [7, 11) is 0. The van der Waals surface area contributed by atoms with Gasteiger partial charge in [0.05, 0.1) is 18.2 Å². The Morgan fingerprint density at radius 3 is 2.80 bits per heavy atom. The highest BCUT2D eigenvalue weighted by Gasteiger charge is 2.33.